The highest BCUT2D eigenvalue weighted by atomic mass is 127. The first-order chi connectivity index (χ1) is 16.3. The number of halogens is 1. The summed E-state index contributed by atoms with van der Waals surface area (Å²) in [5.74, 6) is 0. The van der Waals surface area contributed by atoms with Crippen LogP contribution in [0.25, 0.3) is 62.6 Å². The third kappa shape index (κ3) is 2.99. The highest BCUT2D eigenvalue weighted by Crippen LogP contribution is 2.45. The topological polar surface area (TPSA) is 0 Å². The second kappa shape index (κ2) is 7.66. The Morgan fingerprint density at radius 1 is 0.394 bits per heavy atom. The lowest BCUT2D eigenvalue weighted by atomic mass is 9.94. The van der Waals surface area contributed by atoms with Gasteiger partial charge in [-0.15, -0.1) is 22.7 Å². The van der Waals surface area contributed by atoms with Gasteiger partial charge in [0.1, 0.15) is 0 Å². The third-order valence-corrected chi connectivity index (χ3v) is 9.82. The Balaban J connectivity index is 1.53. The van der Waals surface area contributed by atoms with E-state index in [4.69, 9.17) is 0 Å². The zero-order valence-electron chi connectivity index (χ0n) is 17.5. The van der Waals surface area contributed by atoms with Crippen LogP contribution in [0.5, 0.6) is 0 Å². The van der Waals surface area contributed by atoms with Crippen molar-refractivity contribution in [2.24, 2.45) is 0 Å². The summed E-state index contributed by atoms with van der Waals surface area (Å²) in [6.07, 6.45) is 0. The summed E-state index contributed by atoms with van der Waals surface area (Å²) in [6, 6.07) is 37.8. The molecular formula is C30H17IS2. The van der Waals surface area contributed by atoms with Crippen LogP contribution in [0.15, 0.2) is 103 Å². The van der Waals surface area contributed by atoms with Gasteiger partial charge in [0.25, 0.3) is 0 Å². The molecule has 0 aliphatic carbocycles. The van der Waals surface area contributed by atoms with Crippen molar-refractivity contribution in [3.8, 4) is 22.3 Å². The smallest absolute Gasteiger partial charge is 0.0361 e. The molecule has 2 aromatic heterocycles. The molecule has 2 heterocycles. The molecule has 0 amide bonds. The molecular weight excluding hydrogens is 551 g/mol. The Bertz CT molecular complexity index is 1710. The van der Waals surface area contributed by atoms with Crippen LogP contribution in [0.2, 0.25) is 0 Å². The number of hydrogen-bond donors (Lipinski definition) is 0. The van der Waals surface area contributed by atoms with Crippen molar-refractivity contribution in [2.45, 2.75) is 0 Å². The summed E-state index contributed by atoms with van der Waals surface area (Å²) in [6.45, 7) is 0. The minimum atomic E-state index is 1.30. The van der Waals surface area contributed by atoms with Crippen molar-refractivity contribution >= 4 is 85.6 Å². The number of thiophene rings is 2. The van der Waals surface area contributed by atoms with Crippen molar-refractivity contribution in [2.75, 3.05) is 0 Å². The van der Waals surface area contributed by atoms with Crippen molar-refractivity contribution < 1.29 is 0 Å². The van der Waals surface area contributed by atoms with E-state index < -0.39 is 0 Å². The lowest BCUT2D eigenvalue weighted by molar-refractivity contribution is 1.60. The summed E-state index contributed by atoms with van der Waals surface area (Å²) >= 11 is 6.32. The van der Waals surface area contributed by atoms with Crippen molar-refractivity contribution in [3.63, 3.8) is 0 Å². The minimum absolute atomic E-state index is 1.30. The molecule has 0 atom stereocenters. The molecule has 0 N–H and O–H groups in total. The first-order valence-corrected chi connectivity index (χ1v) is 13.6. The van der Waals surface area contributed by atoms with E-state index in [1.54, 1.807) is 0 Å². The van der Waals surface area contributed by atoms with E-state index in [0.29, 0.717) is 0 Å². The zero-order chi connectivity index (χ0) is 21.9. The first kappa shape index (κ1) is 19.7. The Hall–Kier alpha value is -2.73. The van der Waals surface area contributed by atoms with Gasteiger partial charge in [-0.25, -0.2) is 0 Å². The van der Waals surface area contributed by atoms with Gasteiger partial charge in [-0.1, -0.05) is 78.9 Å². The predicted molar refractivity (Wildman–Crippen MR) is 156 cm³/mol. The van der Waals surface area contributed by atoms with Crippen LogP contribution in [-0.4, -0.2) is 0 Å². The standard InChI is InChI=1S/C30H17IS2/c31-30-20(18-10-6-16-26-28(18)22-8-1-3-14-24(22)32-26)12-5-13-21(30)19-11-7-17-27-29(19)23-9-2-4-15-25(23)33-27/h1-17H. The van der Waals surface area contributed by atoms with Crippen LogP contribution >= 0.6 is 45.3 Å². The largest absolute Gasteiger partial charge is 0.135 e. The highest BCUT2D eigenvalue weighted by molar-refractivity contribution is 14.1. The van der Waals surface area contributed by atoms with Gasteiger partial charge < -0.3 is 0 Å². The Kier molecular flexibility index (Phi) is 4.57. The highest BCUT2D eigenvalue weighted by Gasteiger charge is 2.17. The van der Waals surface area contributed by atoms with Gasteiger partial charge in [0.2, 0.25) is 0 Å². The molecule has 0 saturated carbocycles. The van der Waals surface area contributed by atoms with E-state index in [9.17, 15) is 0 Å². The summed E-state index contributed by atoms with van der Waals surface area (Å²) in [5.41, 5.74) is 5.25. The van der Waals surface area contributed by atoms with E-state index >= 15 is 0 Å². The normalized spacial score (nSPS) is 11.8. The van der Waals surface area contributed by atoms with Gasteiger partial charge in [0.15, 0.2) is 0 Å². The zero-order valence-corrected chi connectivity index (χ0v) is 21.3. The molecule has 7 aromatic rings. The molecule has 0 saturated heterocycles. The van der Waals surface area contributed by atoms with Crippen LogP contribution in [0, 0.1) is 3.57 Å². The maximum atomic E-state index is 2.56. The molecule has 0 spiro atoms. The Labute approximate surface area is 213 Å². The monoisotopic (exact) mass is 568 g/mol. The van der Waals surface area contributed by atoms with Crippen molar-refractivity contribution in [1.82, 2.24) is 0 Å². The van der Waals surface area contributed by atoms with Gasteiger partial charge in [0, 0.05) is 43.9 Å². The maximum absolute atomic E-state index is 2.56. The molecule has 7 rings (SSSR count). The molecule has 33 heavy (non-hydrogen) atoms. The molecule has 0 bridgehead atoms. The Morgan fingerprint density at radius 3 is 1.30 bits per heavy atom. The molecule has 3 heteroatoms. The van der Waals surface area contributed by atoms with Gasteiger partial charge in [-0.3, -0.25) is 0 Å². The third-order valence-electron chi connectivity index (χ3n) is 6.38. The summed E-state index contributed by atoms with van der Waals surface area (Å²) < 4.78 is 6.70. The SMILES string of the molecule is Ic1c(-c2cccc3sc4ccccc4c23)cccc1-c1cccc2sc3ccccc3c12. The average Bonchev–Trinajstić information content (AvgIpc) is 3.42. The fourth-order valence-corrected chi connectivity index (χ4v) is 8.15. The molecule has 0 unspecified atom stereocenters. The number of hydrogen-bond acceptors (Lipinski definition) is 2. The van der Waals surface area contributed by atoms with Crippen LogP contribution < -0.4 is 0 Å². The molecule has 156 valence electrons. The quantitative estimate of drug-likeness (QED) is 0.182. The molecule has 0 radical (unpaired) electrons. The number of rotatable bonds is 2. The summed E-state index contributed by atoms with van der Waals surface area (Å²) in [7, 11) is 0. The van der Waals surface area contributed by atoms with E-state index in [-0.39, 0.29) is 0 Å². The maximum Gasteiger partial charge on any atom is 0.0361 e. The lowest BCUT2D eigenvalue weighted by Crippen LogP contribution is -1.89. The summed E-state index contributed by atoms with van der Waals surface area (Å²) in [5, 5.41) is 5.43. The van der Waals surface area contributed by atoms with E-state index in [0.717, 1.165) is 0 Å². The van der Waals surface area contributed by atoms with Crippen molar-refractivity contribution in [1.29, 1.82) is 0 Å². The van der Waals surface area contributed by atoms with Crippen LogP contribution in [-0.2, 0) is 0 Å². The van der Waals surface area contributed by atoms with Gasteiger partial charge in [-0.05, 0) is 69.1 Å². The van der Waals surface area contributed by atoms with Crippen molar-refractivity contribution in [3.05, 3.63) is 107 Å². The van der Waals surface area contributed by atoms with Gasteiger partial charge in [-0.2, -0.15) is 0 Å². The van der Waals surface area contributed by atoms with Crippen LogP contribution in [0.1, 0.15) is 0 Å². The van der Waals surface area contributed by atoms with Crippen LogP contribution in [0.3, 0.4) is 0 Å². The number of benzene rings is 5. The average molecular weight is 569 g/mol. The predicted octanol–water partition coefficient (Wildman–Crippen LogP) is 10.4. The van der Waals surface area contributed by atoms with Gasteiger partial charge >= 0.3 is 0 Å². The molecule has 0 nitrogen and oxygen atoms in total. The van der Waals surface area contributed by atoms with E-state index in [2.05, 4.69) is 126 Å². The number of fused-ring (bicyclic) bond motifs is 6. The van der Waals surface area contributed by atoms with Crippen LogP contribution in [0.4, 0.5) is 0 Å². The minimum Gasteiger partial charge on any atom is -0.135 e. The first-order valence-electron chi connectivity index (χ1n) is 10.9. The second-order valence-electron chi connectivity index (χ2n) is 8.22. The second-order valence-corrected chi connectivity index (χ2v) is 11.5. The Morgan fingerprint density at radius 2 is 0.788 bits per heavy atom. The van der Waals surface area contributed by atoms with E-state index in [1.165, 1.54) is 66.2 Å². The van der Waals surface area contributed by atoms with Gasteiger partial charge in [0.05, 0.1) is 0 Å². The van der Waals surface area contributed by atoms with E-state index in [1.807, 2.05) is 22.7 Å². The molecule has 5 aromatic carbocycles. The molecule has 0 aliphatic heterocycles. The molecule has 0 aliphatic rings. The summed E-state index contributed by atoms with van der Waals surface area (Å²) in [4.78, 5) is 0. The lowest BCUT2D eigenvalue weighted by Gasteiger charge is -2.13. The fourth-order valence-electron chi connectivity index (χ4n) is 4.95. The fraction of sp³-hybridized carbons (Fsp3) is 0. The molecule has 0 fully saturated rings.